The Balaban J connectivity index is 2.19. The van der Waals surface area contributed by atoms with Crippen molar-refractivity contribution in [2.75, 3.05) is 0 Å². The van der Waals surface area contributed by atoms with Gasteiger partial charge in [0.05, 0.1) is 9.92 Å². The monoisotopic (exact) mass is 365 g/mol. The number of ether oxygens (including phenoxy) is 1. The largest absolute Gasteiger partial charge is 0.487 e. The molecule has 0 saturated carbocycles. The molecule has 0 aliphatic rings. The Morgan fingerprint density at radius 3 is 2.33 bits per heavy atom. The summed E-state index contributed by atoms with van der Waals surface area (Å²) in [5.41, 5.74) is 0.691. The molecule has 0 amide bonds. The summed E-state index contributed by atoms with van der Waals surface area (Å²) in [6.07, 6.45) is 0. The molecule has 0 spiro atoms. The summed E-state index contributed by atoms with van der Waals surface area (Å²) in [7, 11) is -3.80. The Morgan fingerprint density at radius 2 is 1.71 bits per heavy atom. The van der Waals surface area contributed by atoms with Gasteiger partial charge in [-0.05, 0) is 36.4 Å². The van der Waals surface area contributed by atoms with Gasteiger partial charge in [0.15, 0.2) is 0 Å². The number of hydrogen-bond donors (Lipinski definition) is 1. The van der Waals surface area contributed by atoms with Crippen LogP contribution >= 0.6 is 34.8 Å². The van der Waals surface area contributed by atoms with Crippen LogP contribution in [0, 0.1) is 0 Å². The molecule has 0 bridgehead atoms. The molecule has 2 rings (SSSR count). The van der Waals surface area contributed by atoms with E-state index in [2.05, 4.69) is 0 Å². The van der Waals surface area contributed by atoms with Crippen LogP contribution in [0.2, 0.25) is 15.1 Å². The van der Waals surface area contributed by atoms with Gasteiger partial charge in [-0.3, -0.25) is 0 Å². The van der Waals surface area contributed by atoms with E-state index in [1.54, 1.807) is 18.2 Å². The molecule has 0 radical (unpaired) electrons. The van der Waals surface area contributed by atoms with E-state index in [9.17, 15) is 8.42 Å². The smallest absolute Gasteiger partial charge is 0.238 e. The first-order chi connectivity index (χ1) is 9.77. The lowest BCUT2D eigenvalue weighted by Crippen LogP contribution is -2.12. The fourth-order valence-electron chi connectivity index (χ4n) is 1.59. The molecule has 0 aliphatic carbocycles. The van der Waals surface area contributed by atoms with Crippen LogP contribution in [0.1, 0.15) is 5.56 Å². The summed E-state index contributed by atoms with van der Waals surface area (Å²) < 4.78 is 27.9. The van der Waals surface area contributed by atoms with Crippen LogP contribution in [0.3, 0.4) is 0 Å². The van der Waals surface area contributed by atoms with Gasteiger partial charge in [0.25, 0.3) is 0 Å². The zero-order valence-corrected chi connectivity index (χ0v) is 13.6. The minimum Gasteiger partial charge on any atom is -0.487 e. The van der Waals surface area contributed by atoms with Crippen molar-refractivity contribution in [2.45, 2.75) is 11.5 Å². The van der Waals surface area contributed by atoms with Crippen LogP contribution in [-0.4, -0.2) is 8.42 Å². The Labute approximate surface area is 137 Å². The topological polar surface area (TPSA) is 69.4 Å². The van der Waals surface area contributed by atoms with Gasteiger partial charge in [-0.25, -0.2) is 13.6 Å². The van der Waals surface area contributed by atoms with E-state index < -0.39 is 10.0 Å². The third-order valence-corrected chi connectivity index (χ3v) is 4.43. The molecule has 0 aromatic heterocycles. The summed E-state index contributed by atoms with van der Waals surface area (Å²) in [5, 5.41) is 6.20. The van der Waals surface area contributed by atoms with Crippen molar-refractivity contribution in [1.29, 1.82) is 0 Å². The van der Waals surface area contributed by atoms with E-state index >= 15 is 0 Å². The molecule has 2 N–H and O–H groups in total. The number of hydrogen-bond acceptors (Lipinski definition) is 3. The third-order valence-electron chi connectivity index (χ3n) is 2.62. The molecular formula is C13H10Cl3NO3S. The standard InChI is InChI=1S/C13H10Cl3NO3S/c14-9-1-3-11(15)8(5-9)7-20-13-4-2-10(6-12(13)16)21(17,18)19/h1-6H,7H2,(H2,17,18,19). The summed E-state index contributed by atoms with van der Waals surface area (Å²) in [6, 6.07) is 8.98. The molecule has 0 heterocycles. The number of rotatable bonds is 4. The lowest BCUT2D eigenvalue weighted by atomic mass is 10.2. The van der Waals surface area contributed by atoms with Gasteiger partial charge in [-0.15, -0.1) is 0 Å². The maximum Gasteiger partial charge on any atom is 0.238 e. The van der Waals surface area contributed by atoms with Gasteiger partial charge in [0.1, 0.15) is 12.4 Å². The van der Waals surface area contributed by atoms with Gasteiger partial charge in [0.2, 0.25) is 10.0 Å². The Morgan fingerprint density at radius 1 is 1.00 bits per heavy atom. The molecule has 2 aromatic carbocycles. The van der Waals surface area contributed by atoms with Gasteiger partial charge in [-0.2, -0.15) is 0 Å². The Kier molecular flexibility index (Phi) is 5.01. The van der Waals surface area contributed by atoms with Crippen LogP contribution < -0.4 is 9.88 Å². The normalized spacial score (nSPS) is 11.4. The Hall–Kier alpha value is -0.980. The SMILES string of the molecule is NS(=O)(=O)c1ccc(OCc2cc(Cl)ccc2Cl)c(Cl)c1. The van der Waals surface area contributed by atoms with Crippen molar-refractivity contribution in [2.24, 2.45) is 5.14 Å². The fraction of sp³-hybridized carbons (Fsp3) is 0.0769. The van der Waals surface area contributed by atoms with E-state index in [4.69, 9.17) is 44.7 Å². The number of halogens is 3. The summed E-state index contributed by atoms with van der Waals surface area (Å²) in [4.78, 5) is -0.0827. The highest BCUT2D eigenvalue weighted by Gasteiger charge is 2.12. The van der Waals surface area contributed by atoms with Gasteiger partial charge < -0.3 is 4.74 Å². The number of sulfonamides is 1. The van der Waals surface area contributed by atoms with Crippen LogP contribution in [0.15, 0.2) is 41.3 Å². The second kappa shape index (κ2) is 6.42. The molecule has 8 heteroatoms. The number of nitrogens with two attached hydrogens (primary N) is 1. The average Bonchev–Trinajstić information content (AvgIpc) is 2.40. The molecule has 2 aromatic rings. The fourth-order valence-corrected chi connectivity index (χ4v) is 2.79. The molecular weight excluding hydrogens is 357 g/mol. The van der Waals surface area contributed by atoms with Gasteiger partial charge in [-0.1, -0.05) is 34.8 Å². The van der Waals surface area contributed by atoms with Crippen LogP contribution in [0.4, 0.5) is 0 Å². The van der Waals surface area contributed by atoms with Crippen molar-refractivity contribution in [3.63, 3.8) is 0 Å². The maximum atomic E-state index is 11.2. The lowest BCUT2D eigenvalue weighted by molar-refractivity contribution is 0.306. The molecule has 0 atom stereocenters. The van der Waals surface area contributed by atoms with Crippen LogP contribution in [-0.2, 0) is 16.6 Å². The van der Waals surface area contributed by atoms with E-state index in [1.165, 1.54) is 18.2 Å². The zero-order valence-electron chi connectivity index (χ0n) is 10.5. The molecule has 0 saturated heterocycles. The predicted molar refractivity (Wildman–Crippen MR) is 83.6 cm³/mol. The first-order valence-corrected chi connectivity index (χ1v) is 8.34. The van der Waals surface area contributed by atoms with Crippen molar-refractivity contribution in [1.82, 2.24) is 0 Å². The molecule has 0 unspecified atom stereocenters. The average molecular weight is 367 g/mol. The lowest BCUT2D eigenvalue weighted by Gasteiger charge is -2.10. The third kappa shape index (κ3) is 4.25. The first-order valence-electron chi connectivity index (χ1n) is 5.66. The second-order valence-electron chi connectivity index (χ2n) is 4.16. The molecule has 112 valence electrons. The summed E-state index contributed by atoms with van der Waals surface area (Å²) in [5.74, 6) is 0.320. The maximum absolute atomic E-state index is 11.2. The molecule has 21 heavy (non-hydrogen) atoms. The minimum atomic E-state index is -3.80. The summed E-state index contributed by atoms with van der Waals surface area (Å²) in [6.45, 7) is 0.147. The van der Waals surface area contributed by atoms with Gasteiger partial charge in [0, 0.05) is 15.6 Å². The zero-order chi connectivity index (χ0) is 15.6. The first kappa shape index (κ1) is 16.4. The molecule has 4 nitrogen and oxygen atoms in total. The van der Waals surface area contributed by atoms with Crippen molar-refractivity contribution in [3.8, 4) is 5.75 Å². The van der Waals surface area contributed by atoms with Crippen molar-refractivity contribution in [3.05, 3.63) is 57.0 Å². The highest BCUT2D eigenvalue weighted by atomic mass is 35.5. The van der Waals surface area contributed by atoms with Crippen LogP contribution in [0.5, 0.6) is 5.75 Å². The van der Waals surface area contributed by atoms with Crippen molar-refractivity contribution < 1.29 is 13.2 Å². The van der Waals surface area contributed by atoms with Gasteiger partial charge >= 0.3 is 0 Å². The highest BCUT2D eigenvalue weighted by Crippen LogP contribution is 2.29. The molecule has 0 fully saturated rings. The quantitative estimate of drug-likeness (QED) is 0.893. The van der Waals surface area contributed by atoms with E-state index in [1.807, 2.05) is 0 Å². The van der Waals surface area contributed by atoms with E-state index in [-0.39, 0.29) is 16.5 Å². The predicted octanol–water partition coefficient (Wildman–Crippen LogP) is 3.87. The van der Waals surface area contributed by atoms with Crippen molar-refractivity contribution >= 4 is 44.8 Å². The second-order valence-corrected chi connectivity index (χ2v) is 6.97. The number of benzene rings is 2. The minimum absolute atomic E-state index is 0.0827. The summed E-state index contributed by atoms with van der Waals surface area (Å²) >= 11 is 17.9. The van der Waals surface area contributed by atoms with E-state index in [0.717, 1.165) is 0 Å². The Bertz CT molecular complexity index is 778. The highest BCUT2D eigenvalue weighted by molar-refractivity contribution is 7.89. The van der Waals surface area contributed by atoms with Crippen LogP contribution in [0.25, 0.3) is 0 Å². The number of primary sulfonamides is 1. The molecule has 0 aliphatic heterocycles. The van der Waals surface area contributed by atoms with E-state index in [0.29, 0.717) is 21.4 Å².